The van der Waals surface area contributed by atoms with E-state index in [1.165, 1.54) is 30.0 Å². The fraction of sp³-hybridized carbons (Fsp3) is 0.160. The van der Waals surface area contributed by atoms with Crippen LogP contribution in [0.1, 0.15) is 29.3 Å². The van der Waals surface area contributed by atoms with E-state index in [-0.39, 0.29) is 34.5 Å². The van der Waals surface area contributed by atoms with Gasteiger partial charge in [0.1, 0.15) is 0 Å². The van der Waals surface area contributed by atoms with Crippen LogP contribution in [0.25, 0.3) is 0 Å². The van der Waals surface area contributed by atoms with Crippen molar-refractivity contribution in [2.75, 3.05) is 10.6 Å². The van der Waals surface area contributed by atoms with Crippen LogP contribution in [0, 0.1) is 0 Å². The molecule has 33 heavy (non-hydrogen) atoms. The molecule has 170 valence electrons. The summed E-state index contributed by atoms with van der Waals surface area (Å²) in [5.74, 6) is -1.51. The van der Waals surface area contributed by atoms with Crippen molar-refractivity contribution in [2.24, 2.45) is 0 Å². The van der Waals surface area contributed by atoms with Gasteiger partial charge in [0, 0.05) is 10.6 Å². The number of rotatable bonds is 9. The highest BCUT2D eigenvalue weighted by molar-refractivity contribution is 8.00. The van der Waals surface area contributed by atoms with Crippen molar-refractivity contribution >= 4 is 52.5 Å². The Kier molecular flexibility index (Phi) is 8.52. The summed E-state index contributed by atoms with van der Waals surface area (Å²) in [6.07, 6.45) is 0.811. The third-order valence-electron chi connectivity index (χ3n) is 4.74. The zero-order chi connectivity index (χ0) is 23.8. The third-order valence-corrected chi connectivity index (χ3v) is 6.43. The van der Waals surface area contributed by atoms with Crippen molar-refractivity contribution in [1.29, 1.82) is 0 Å². The largest absolute Gasteiger partial charge is 0.478 e. The number of aromatic carboxylic acids is 1. The Morgan fingerprint density at radius 2 is 1.73 bits per heavy atom. The van der Waals surface area contributed by atoms with E-state index < -0.39 is 11.2 Å². The Morgan fingerprint density at radius 1 is 0.970 bits per heavy atom. The number of carbonyl (C=O) groups is 3. The number of benzene rings is 3. The molecule has 0 spiro atoms. The number of hydrogen-bond donors (Lipinski definition) is 3. The van der Waals surface area contributed by atoms with Crippen LogP contribution in [-0.2, 0) is 16.0 Å². The van der Waals surface area contributed by atoms with Crippen LogP contribution in [0.3, 0.4) is 0 Å². The van der Waals surface area contributed by atoms with Gasteiger partial charge in [-0.25, -0.2) is 4.79 Å². The first kappa shape index (κ1) is 24.4. The summed E-state index contributed by atoms with van der Waals surface area (Å²) in [4.78, 5) is 37.2. The lowest BCUT2D eigenvalue weighted by molar-refractivity contribution is -0.116. The molecule has 3 aromatic rings. The predicted molar refractivity (Wildman–Crippen MR) is 132 cm³/mol. The van der Waals surface area contributed by atoms with Gasteiger partial charge < -0.3 is 15.7 Å². The van der Waals surface area contributed by atoms with Gasteiger partial charge in [-0.3, -0.25) is 9.59 Å². The van der Waals surface area contributed by atoms with Gasteiger partial charge in [-0.2, -0.15) is 0 Å². The first-order valence-corrected chi connectivity index (χ1v) is 11.6. The van der Waals surface area contributed by atoms with Crippen LogP contribution in [0.4, 0.5) is 11.4 Å². The predicted octanol–water partition coefficient (Wildman–Crippen LogP) is 5.73. The van der Waals surface area contributed by atoms with Crippen molar-refractivity contribution in [3.05, 3.63) is 88.9 Å². The summed E-state index contributed by atoms with van der Waals surface area (Å²) in [6, 6.07) is 20.9. The van der Waals surface area contributed by atoms with Crippen molar-refractivity contribution in [3.63, 3.8) is 0 Å². The number of amides is 2. The number of nitrogens with one attached hydrogen (secondary N) is 2. The first-order valence-electron chi connectivity index (χ1n) is 10.3. The average molecular weight is 483 g/mol. The molecule has 0 fully saturated rings. The molecule has 0 heterocycles. The lowest BCUT2D eigenvalue weighted by Crippen LogP contribution is -2.24. The van der Waals surface area contributed by atoms with E-state index in [0.717, 1.165) is 10.5 Å². The molecule has 0 aliphatic heterocycles. The molecule has 2 amide bonds. The summed E-state index contributed by atoms with van der Waals surface area (Å²) < 4.78 is 0. The Labute approximate surface area is 201 Å². The van der Waals surface area contributed by atoms with Gasteiger partial charge in [-0.05, 0) is 48.4 Å². The maximum atomic E-state index is 12.8. The number of halogens is 1. The fourth-order valence-electron chi connectivity index (χ4n) is 3.09. The van der Waals surface area contributed by atoms with E-state index in [0.29, 0.717) is 12.1 Å². The van der Waals surface area contributed by atoms with Gasteiger partial charge in [0.2, 0.25) is 11.8 Å². The molecule has 1 atom stereocenters. The van der Waals surface area contributed by atoms with E-state index >= 15 is 0 Å². The standard InChI is InChI=1S/C25H23ClN2O4S/c1-2-22(24(30)28-21-14-17(25(31)32)11-12-20(21)26)33-19-10-6-9-18(15-19)27-23(29)13-16-7-4-3-5-8-16/h3-12,14-15,22H,2,13H2,1H3,(H,27,29)(H,28,30)(H,31,32). The summed E-state index contributed by atoms with van der Waals surface area (Å²) in [5, 5.41) is 14.6. The first-order chi connectivity index (χ1) is 15.9. The molecule has 0 aliphatic carbocycles. The quantitative estimate of drug-likeness (QED) is 0.338. The van der Waals surface area contributed by atoms with Gasteiger partial charge in [-0.15, -0.1) is 11.8 Å². The monoisotopic (exact) mass is 482 g/mol. The fourth-order valence-corrected chi connectivity index (χ4v) is 4.27. The summed E-state index contributed by atoms with van der Waals surface area (Å²) in [7, 11) is 0. The van der Waals surface area contributed by atoms with Crippen LogP contribution in [-0.4, -0.2) is 28.1 Å². The third kappa shape index (κ3) is 7.10. The Balaban J connectivity index is 1.65. The molecule has 0 aliphatic rings. The molecular formula is C25H23ClN2O4S. The van der Waals surface area contributed by atoms with Crippen LogP contribution in [0.15, 0.2) is 77.7 Å². The number of anilines is 2. The molecule has 6 nitrogen and oxygen atoms in total. The number of thioether (sulfide) groups is 1. The van der Waals surface area contributed by atoms with Crippen molar-refractivity contribution < 1.29 is 19.5 Å². The Hall–Kier alpha value is -3.29. The van der Waals surface area contributed by atoms with Crippen LogP contribution in [0.5, 0.6) is 0 Å². The van der Waals surface area contributed by atoms with Gasteiger partial charge in [0.15, 0.2) is 0 Å². The normalized spacial score (nSPS) is 11.5. The van der Waals surface area contributed by atoms with Gasteiger partial charge >= 0.3 is 5.97 Å². The molecular weight excluding hydrogens is 460 g/mol. The Morgan fingerprint density at radius 3 is 2.42 bits per heavy atom. The number of carboxylic acid groups (broad SMARTS) is 1. The second-order valence-corrected chi connectivity index (χ2v) is 8.93. The van der Waals surface area contributed by atoms with Crippen LogP contribution < -0.4 is 10.6 Å². The molecule has 0 saturated carbocycles. The van der Waals surface area contributed by atoms with Crippen molar-refractivity contribution in [3.8, 4) is 0 Å². The minimum atomic E-state index is -1.10. The van der Waals surface area contributed by atoms with E-state index in [1.807, 2.05) is 55.5 Å². The Bertz CT molecular complexity index is 1150. The SMILES string of the molecule is CCC(Sc1cccc(NC(=O)Cc2ccccc2)c1)C(=O)Nc1cc(C(=O)O)ccc1Cl. The number of hydrogen-bond acceptors (Lipinski definition) is 4. The lowest BCUT2D eigenvalue weighted by Gasteiger charge is -2.16. The maximum absolute atomic E-state index is 12.8. The minimum Gasteiger partial charge on any atom is -0.478 e. The summed E-state index contributed by atoms with van der Waals surface area (Å²) >= 11 is 7.48. The summed E-state index contributed by atoms with van der Waals surface area (Å²) in [6.45, 7) is 1.89. The number of carboxylic acids is 1. The molecule has 0 aromatic heterocycles. The molecule has 3 N–H and O–H groups in total. The van der Waals surface area contributed by atoms with Crippen molar-refractivity contribution in [1.82, 2.24) is 0 Å². The van der Waals surface area contributed by atoms with E-state index in [1.54, 1.807) is 6.07 Å². The average Bonchev–Trinajstić information content (AvgIpc) is 2.79. The smallest absolute Gasteiger partial charge is 0.335 e. The molecule has 1 unspecified atom stereocenters. The molecule has 8 heteroatoms. The molecule has 0 saturated heterocycles. The molecule has 3 aromatic carbocycles. The van der Waals surface area contributed by atoms with Gasteiger partial charge in [0.25, 0.3) is 0 Å². The van der Waals surface area contributed by atoms with E-state index in [4.69, 9.17) is 16.7 Å². The van der Waals surface area contributed by atoms with Gasteiger partial charge in [-0.1, -0.05) is 54.9 Å². The topological polar surface area (TPSA) is 95.5 Å². The highest BCUT2D eigenvalue weighted by Gasteiger charge is 2.20. The van der Waals surface area contributed by atoms with Crippen LogP contribution >= 0.6 is 23.4 Å². The molecule has 3 rings (SSSR count). The van der Waals surface area contributed by atoms with Gasteiger partial charge in [0.05, 0.1) is 27.9 Å². The summed E-state index contributed by atoms with van der Waals surface area (Å²) in [5.41, 5.74) is 1.86. The highest BCUT2D eigenvalue weighted by Crippen LogP contribution is 2.30. The minimum absolute atomic E-state index is 0.0364. The molecule has 0 bridgehead atoms. The van der Waals surface area contributed by atoms with Crippen molar-refractivity contribution in [2.45, 2.75) is 29.9 Å². The number of carbonyl (C=O) groups excluding carboxylic acids is 2. The zero-order valence-electron chi connectivity index (χ0n) is 17.9. The second kappa shape index (κ2) is 11.5. The highest BCUT2D eigenvalue weighted by atomic mass is 35.5. The van der Waals surface area contributed by atoms with E-state index in [9.17, 15) is 14.4 Å². The van der Waals surface area contributed by atoms with E-state index in [2.05, 4.69) is 10.6 Å². The molecule has 0 radical (unpaired) electrons. The lowest BCUT2D eigenvalue weighted by atomic mass is 10.1. The zero-order valence-corrected chi connectivity index (χ0v) is 19.5. The maximum Gasteiger partial charge on any atom is 0.335 e. The second-order valence-electron chi connectivity index (χ2n) is 7.24. The van der Waals surface area contributed by atoms with Crippen LogP contribution in [0.2, 0.25) is 5.02 Å².